The lowest BCUT2D eigenvalue weighted by Crippen LogP contribution is -2.08. The Morgan fingerprint density at radius 1 is 0.968 bits per heavy atom. The quantitative estimate of drug-likeness (QED) is 0.462. The highest BCUT2D eigenvalue weighted by molar-refractivity contribution is 7.84. The van der Waals surface area contributed by atoms with Crippen molar-refractivity contribution < 1.29 is 9.00 Å². The topological polar surface area (TPSA) is 92.8 Å². The van der Waals surface area contributed by atoms with Gasteiger partial charge in [-0.2, -0.15) is 0 Å². The summed E-state index contributed by atoms with van der Waals surface area (Å²) in [5.41, 5.74) is 3.09. The molecule has 2 heterocycles. The van der Waals surface area contributed by atoms with Gasteiger partial charge in [-0.25, -0.2) is 4.98 Å². The fourth-order valence-electron chi connectivity index (χ4n) is 3.38. The molecule has 2 aromatic heterocycles. The van der Waals surface area contributed by atoms with E-state index in [-0.39, 0.29) is 11.3 Å². The molecule has 1 atom stereocenters. The van der Waals surface area contributed by atoms with Gasteiger partial charge in [0.2, 0.25) is 0 Å². The minimum absolute atomic E-state index is 0.173. The van der Waals surface area contributed by atoms with Gasteiger partial charge in [0.1, 0.15) is 5.78 Å². The van der Waals surface area contributed by atoms with E-state index in [1.54, 1.807) is 30.6 Å². The first kappa shape index (κ1) is 20.8. The van der Waals surface area contributed by atoms with E-state index in [1.165, 1.54) is 6.33 Å². The number of ketones is 1. The highest BCUT2D eigenvalue weighted by Gasteiger charge is 2.12. The van der Waals surface area contributed by atoms with Crippen LogP contribution in [0.2, 0.25) is 0 Å². The van der Waals surface area contributed by atoms with Gasteiger partial charge in [-0.15, -0.1) is 0 Å². The third-order valence-corrected chi connectivity index (χ3v) is 6.43. The fourth-order valence-corrected chi connectivity index (χ4v) is 4.64. The molecule has 4 rings (SSSR count). The molecular formula is C24H21N3O3S. The zero-order valence-electron chi connectivity index (χ0n) is 16.8. The van der Waals surface area contributed by atoms with Crippen LogP contribution in [0.3, 0.4) is 0 Å². The maximum atomic E-state index is 12.9. The van der Waals surface area contributed by atoms with Crippen molar-refractivity contribution in [3.05, 3.63) is 100 Å². The molecule has 0 aliphatic carbocycles. The third kappa shape index (κ3) is 5.19. The highest BCUT2D eigenvalue weighted by Crippen LogP contribution is 2.20. The Balaban J connectivity index is 1.38. The first-order valence-electron chi connectivity index (χ1n) is 9.93. The number of aromatic nitrogens is 3. The maximum Gasteiger partial charge on any atom is 0.258 e. The normalized spacial score (nSPS) is 12.0. The van der Waals surface area contributed by atoms with E-state index in [2.05, 4.69) is 15.0 Å². The van der Waals surface area contributed by atoms with Crippen LogP contribution in [0.1, 0.15) is 23.1 Å². The van der Waals surface area contributed by atoms with Crippen LogP contribution in [0.4, 0.5) is 0 Å². The number of carbonyl (C=O) groups is 1. The van der Waals surface area contributed by atoms with E-state index < -0.39 is 10.8 Å². The minimum atomic E-state index is -1.35. The average Bonchev–Trinajstić information content (AvgIpc) is 2.80. The summed E-state index contributed by atoms with van der Waals surface area (Å²) in [6.45, 7) is 0. The second kappa shape index (κ2) is 9.57. The zero-order valence-corrected chi connectivity index (χ0v) is 17.6. The molecule has 1 unspecified atom stereocenters. The number of H-pyrrole nitrogens is 1. The van der Waals surface area contributed by atoms with Crippen LogP contribution >= 0.6 is 0 Å². The Morgan fingerprint density at radius 2 is 1.77 bits per heavy atom. The number of para-hydroxylation sites is 1. The Kier molecular flexibility index (Phi) is 6.43. The molecule has 0 saturated heterocycles. The van der Waals surface area contributed by atoms with Crippen molar-refractivity contribution in [1.82, 2.24) is 15.0 Å². The van der Waals surface area contributed by atoms with Gasteiger partial charge in [0.25, 0.3) is 5.56 Å². The van der Waals surface area contributed by atoms with Crippen LogP contribution in [0.5, 0.6) is 0 Å². The van der Waals surface area contributed by atoms with Crippen LogP contribution in [0.15, 0.2) is 83.0 Å². The van der Waals surface area contributed by atoms with Crippen molar-refractivity contribution in [2.45, 2.75) is 29.9 Å². The summed E-state index contributed by atoms with van der Waals surface area (Å²) in [5, 5.41) is 0.425. The summed E-state index contributed by atoms with van der Waals surface area (Å²) < 4.78 is 12.9. The number of aryl methyl sites for hydroxylation is 1. The molecule has 0 aliphatic rings. The molecule has 31 heavy (non-hydrogen) atoms. The van der Waals surface area contributed by atoms with Crippen LogP contribution in [0.25, 0.3) is 10.9 Å². The largest absolute Gasteiger partial charge is 0.313 e. The smallest absolute Gasteiger partial charge is 0.258 e. The van der Waals surface area contributed by atoms with Gasteiger partial charge in [-0.1, -0.05) is 36.4 Å². The summed E-state index contributed by atoms with van der Waals surface area (Å²) in [5.74, 6) is 0.482. The molecule has 0 bridgehead atoms. The standard InChI is InChI=1S/C24H21N3O3S/c28-20(11-10-18-3-2-12-25-14-18)13-17-6-8-19(9-7-17)15-31(30)22-5-1-4-21-23(22)26-16-27-24(21)29/h1-9,12,14,16H,10-11,13,15H2,(H,26,27,29). The molecule has 0 radical (unpaired) electrons. The number of Topliss-reactive ketones (excluding diaryl/α,β-unsaturated/α-hetero) is 1. The first-order chi connectivity index (χ1) is 15.1. The third-order valence-electron chi connectivity index (χ3n) is 5.02. The fraction of sp³-hybridized carbons (Fsp3) is 0.167. The Hall–Kier alpha value is -3.45. The van der Waals surface area contributed by atoms with Crippen molar-refractivity contribution in [3.63, 3.8) is 0 Å². The summed E-state index contributed by atoms with van der Waals surface area (Å²) in [6, 6.07) is 16.6. The van der Waals surface area contributed by atoms with Gasteiger partial charge < -0.3 is 4.98 Å². The van der Waals surface area contributed by atoms with Crippen LogP contribution in [-0.2, 0) is 34.2 Å². The number of hydrogen-bond acceptors (Lipinski definition) is 5. The Morgan fingerprint density at radius 3 is 2.55 bits per heavy atom. The molecule has 0 saturated carbocycles. The van der Waals surface area contributed by atoms with Gasteiger partial charge in [0.05, 0.1) is 38.7 Å². The summed E-state index contributed by atoms with van der Waals surface area (Å²) >= 11 is 0. The molecule has 0 amide bonds. The number of nitrogens with one attached hydrogen (secondary N) is 1. The molecule has 7 heteroatoms. The lowest BCUT2D eigenvalue weighted by atomic mass is 10.0. The maximum absolute atomic E-state index is 12.9. The van der Waals surface area contributed by atoms with Crippen LogP contribution < -0.4 is 5.56 Å². The SMILES string of the molecule is O=C(CCc1cccnc1)Cc1ccc(CS(=O)c2cccc3c(=O)[nH]cnc23)cc1. The van der Waals surface area contributed by atoms with Gasteiger partial charge in [-0.3, -0.25) is 18.8 Å². The average molecular weight is 432 g/mol. The molecule has 6 nitrogen and oxygen atoms in total. The predicted octanol–water partition coefficient (Wildman–Crippen LogP) is 3.37. The summed E-state index contributed by atoms with van der Waals surface area (Å²) in [6.07, 6.45) is 6.36. The first-order valence-corrected chi connectivity index (χ1v) is 11.3. The van der Waals surface area contributed by atoms with Crippen molar-refractivity contribution in [2.24, 2.45) is 0 Å². The number of hydrogen-bond donors (Lipinski definition) is 1. The number of fused-ring (bicyclic) bond motifs is 1. The predicted molar refractivity (Wildman–Crippen MR) is 120 cm³/mol. The lowest BCUT2D eigenvalue weighted by Gasteiger charge is -2.07. The molecular weight excluding hydrogens is 410 g/mol. The van der Waals surface area contributed by atoms with Crippen LogP contribution in [-0.4, -0.2) is 24.9 Å². The number of carbonyl (C=O) groups excluding carboxylic acids is 1. The number of rotatable bonds is 8. The van der Waals surface area contributed by atoms with Crippen molar-refractivity contribution >= 4 is 27.5 Å². The molecule has 0 aliphatic heterocycles. The molecule has 2 aromatic carbocycles. The summed E-state index contributed by atoms with van der Waals surface area (Å²) in [4.78, 5) is 35.6. The number of nitrogens with zero attached hydrogens (tertiary/aromatic N) is 2. The van der Waals surface area contributed by atoms with Crippen LogP contribution in [0, 0.1) is 0 Å². The molecule has 4 aromatic rings. The van der Waals surface area contributed by atoms with Crippen molar-refractivity contribution in [1.29, 1.82) is 0 Å². The lowest BCUT2D eigenvalue weighted by molar-refractivity contribution is -0.118. The van der Waals surface area contributed by atoms with Crippen molar-refractivity contribution in [2.75, 3.05) is 0 Å². The number of aromatic amines is 1. The van der Waals surface area contributed by atoms with E-state index in [0.717, 1.165) is 16.7 Å². The Bertz CT molecular complexity index is 1280. The van der Waals surface area contributed by atoms with Gasteiger partial charge in [-0.05, 0) is 41.3 Å². The second-order valence-corrected chi connectivity index (χ2v) is 8.69. The Labute approximate surface area is 181 Å². The zero-order chi connectivity index (χ0) is 21.6. The highest BCUT2D eigenvalue weighted by atomic mass is 32.2. The minimum Gasteiger partial charge on any atom is -0.313 e. The molecule has 0 spiro atoms. The van der Waals surface area contributed by atoms with E-state index in [0.29, 0.717) is 40.8 Å². The number of benzene rings is 2. The molecule has 0 fully saturated rings. The van der Waals surface area contributed by atoms with Gasteiger partial charge >= 0.3 is 0 Å². The van der Waals surface area contributed by atoms with Gasteiger partial charge in [0.15, 0.2) is 0 Å². The second-order valence-electron chi connectivity index (χ2n) is 7.27. The molecule has 1 N–H and O–H groups in total. The monoisotopic (exact) mass is 431 g/mol. The van der Waals surface area contributed by atoms with Gasteiger partial charge in [0, 0.05) is 25.2 Å². The number of pyridine rings is 1. The van der Waals surface area contributed by atoms with E-state index in [4.69, 9.17) is 0 Å². The van der Waals surface area contributed by atoms with E-state index in [1.807, 2.05) is 36.4 Å². The summed E-state index contributed by atoms with van der Waals surface area (Å²) in [7, 11) is -1.35. The van der Waals surface area contributed by atoms with E-state index >= 15 is 0 Å². The van der Waals surface area contributed by atoms with Crippen molar-refractivity contribution in [3.8, 4) is 0 Å². The van der Waals surface area contributed by atoms with E-state index in [9.17, 15) is 13.8 Å². The molecule has 156 valence electrons.